The standard InChI is InChI=1S/C21H43FN2O6/c1-5-6-18(2)21(25)24-17-20(22)19(3)30-16-15-29-14-13-28-12-11-27-10-9-26-8-7-23-4/h18-20,23H,5-17H2,1-4H3,(H,24,25). The number of ether oxygens (including phenoxy) is 5. The van der Waals surface area contributed by atoms with E-state index in [9.17, 15) is 9.18 Å². The molecule has 2 N–H and O–H groups in total. The first-order valence-corrected chi connectivity index (χ1v) is 11.0. The summed E-state index contributed by atoms with van der Waals surface area (Å²) in [7, 11) is 1.88. The van der Waals surface area contributed by atoms with E-state index in [-0.39, 0.29) is 18.4 Å². The summed E-state index contributed by atoms with van der Waals surface area (Å²) in [5, 5.41) is 5.64. The van der Waals surface area contributed by atoms with Crippen LogP contribution in [0.1, 0.15) is 33.6 Å². The quantitative estimate of drug-likeness (QED) is 0.248. The molecule has 0 spiro atoms. The van der Waals surface area contributed by atoms with Crippen molar-refractivity contribution in [3.8, 4) is 0 Å². The molecule has 0 bridgehead atoms. The van der Waals surface area contributed by atoms with Gasteiger partial charge in [0.05, 0.1) is 72.1 Å². The fraction of sp³-hybridized carbons (Fsp3) is 0.952. The summed E-state index contributed by atoms with van der Waals surface area (Å²) in [6.07, 6.45) is -0.126. The molecule has 0 rings (SSSR count). The lowest BCUT2D eigenvalue weighted by Crippen LogP contribution is -2.39. The van der Waals surface area contributed by atoms with Gasteiger partial charge in [0.2, 0.25) is 5.91 Å². The highest BCUT2D eigenvalue weighted by atomic mass is 19.1. The molecule has 0 aromatic heterocycles. The zero-order valence-electron chi connectivity index (χ0n) is 19.3. The minimum atomic E-state index is -1.25. The zero-order chi connectivity index (χ0) is 22.5. The predicted molar refractivity (Wildman–Crippen MR) is 115 cm³/mol. The Morgan fingerprint density at radius 3 is 1.87 bits per heavy atom. The first-order chi connectivity index (χ1) is 14.5. The average Bonchev–Trinajstić information content (AvgIpc) is 2.74. The summed E-state index contributed by atoms with van der Waals surface area (Å²) in [4.78, 5) is 11.8. The monoisotopic (exact) mass is 438 g/mol. The molecular weight excluding hydrogens is 395 g/mol. The predicted octanol–water partition coefficient (Wildman–Crippen LogP) is 1.57. The molecular formula is C21H43FN2O6. The van der Waals surface area contributed by atoms with E-state index in [2.05, 4.69) is 10.6 Å². The third-order valence-corrected chi connectivity index (χ3v) is 4.37. The van der Waals surface area contributed by atoms with Gasteiger partial charge in [-0.05, 0) is 20.4 Å². The van der Waals surface area contributed by atoms with Gasteiger partial charge < -0.3 is 34.3 Å². The lowest BCUT2D eigenvalue weighted by molar-refractivity contribution is -0.125. The molecule has 0 fully saturated rings. The molecule has 1 amide bonds. The van der Waals surface area contributed by atoms with Crippen molar-refractivity contribution < 1.29 is 32.9 Å². The van der Waals surface area contributed by atoms with Gasteiger partial charge in [0.1, 0.15) is 6.17 Å². The normalized spacial score (nSPS) is 14.4. The molecule has 0 aliphatic heterocycles. The minimum absolute atomic E-state index is 0.0348. The summed E-state index contributed by atoms with van der Waals surface area (Å²) in [5.74, 6) is -0.207. The van der Waals surface area contributed by atoms with Crippen LogP contribution in [0.4, 0.5) is 4.39 Å². The Balaban J connectivity index is 3.41. The van der Waals surface area contributed by atoms with Gasteiger partial charge in [0, 0.05) is 12.5 Å². The Bertz CT molecular complexity index is 393. The largest absolute Gasteiger partial charge is 0.378 e. The van der Waals surface area contributed by atoms with Crippen LogP contribution in [0.25, 0.3) is 0 Å². The van der Waals surface area contributed by atoms with Crippen LogP contribution in [-0.2, 0) is 28.5 Å². The van der Waals surface area contributed by atoms with Gasteiger partial charge in [-0.3, -0.25) is 4.79 Å². The van der Waals surface area contributed by atoms with E-state index < -0.39 is 12.3 Å². The van der Waals surface area contributed by atoms with Crippen LogP contribution in [0.3, 0.4) is 0 Å². The molecule has 0 aliphatic rings. The summed E-state index contributed by atoms with van der Waals surface area (Å²) < 4.78 is 41.0. The number of nitrogens with one attached hydrogen (secondary N) is 2. The molecule has 0 radical (unpaired) electrons. The number of carbonyl (C=O) groups excluding carboxylic acids is 1. The number of likely N-dealkylation sites (N-methyl/N-ethyl adjacent to an activating group) is 1. The second-order valence-corrected chi connectivity index (χ2v) is 7.08. The fourth-order valence-electron chi connectivity index (χ4n) is 2.44. The number of amides is 1. The topological polar surface area (TPSA) is 87.3 Å². The van der Waals surface area contributed by atoms with Crippen molar-refractivity contribution in [2.45, 2.75) is 45.9 Å². The number of halogens is 1. The van der Waals surface area contributed by atoms with Crippen molar-refractivity contribution in [1.29, 1.82) is 0 Å². The molecule has 3 unspecified atom stereocenters. The van der Waals surface area contributed by atoms with Gasteiger partial charge >= 0.3 is 0 Å². The fourth-order valence-corrected chi connectivity index (χ4v) is 2.44. The molecule has 30 heavy (non-hydrogen) atoms. The summed E-state index contributed by atoms with van der Waals surface area (Å²) in [5.41, 5.74) is 0. The summed E-state index contributed by atoms with van der Waals surface area (Å²) in [6.45, 7) is 10.7. The van der Waals surface area contributed by atoms with Crippen molar-refractivity contribution >= 4 is 5.91 Å². The van der Waals surface area contributed by atoms with Crippen molar-refractivity contribution in [3.63, 3.8) is 0 Å². The van der Waals surface area contributed by atoms with Crippen LogP contribution in [0, 0.1) is 5.92 Å². The summed E-state index contributed by atoms with van der Waals surface area (Å²) in [6, 6.07) is 0. The van der Waals surface area contributed by atoms with Crippen molar-refractivity contribution in [1.82, 2.24) is 10.6 Å². The molecule has 0 saturated carbocycles. The molecule has 0 aliphatic carbocycles. The van der Waals surface area contributed by atoms with Crippen molar-refractivity contribution in [3.05, 3.63) is 0 Å². The van der Waals surface area contributed by atoms with Crippen LogP contribution in [0.15, 0.2) is 0 Å². The number of hydrogen-bond acceptors (Lipinski definition) is 7. The highest BCUT2D eigenvalue weighted by Gasteiger charge is 2.19. The zero-order valence-corrected chi connectivity index (χ0v) is 19.3. The van der Waals surface area contributed by atoms with Gasteiger partial charge in [-0.15, -0.1) is 0 Å². The number of carbonyl (C=O) groups is 1. The van der Waals surface area contributed by atoms with Gasteiger partial charge in [-0.1, -0.05) is 20.3 Å². The number of alkyl halides is 1. The molecule has 8 nitrogen and oxygen atoms in total. The smallest absolute Gasteiger partial charge is 0.222 e. The number of hydrogen-bond donors (Lipinski definition) is 2. The third-order valence-electron chi connectivity index (χ3n) is 4.37. The molecule has 180 valence electrons. The SMILES string of the molecule is CCCC(C)C(=O)NCC(F)C(C)OCCOCCOCCOCCOCCNC. The third kappa shape index (κ3) is 18.0. The van der Waals surface area contributed by atoms with E-state index in [0.717, 1.165) is 19.4 Å². The van der Waals surface area contributed by atoms with Crippen LogP contribution in [0.2, 0.25) is 0 Å². The van der Waals surface area contributed by atoms with Gasteiger partial charge in [-0.25, -0.2) is 4.39 Å². The van der Waals surface area contributed by atoms with E-state index in [0.29, 0.717) is 59.5 Å². The Hall–Kier alpha value is -0.840. The highest BCUT2D eigenvalue weighted by Crippen LogP contribution is 2.06. The first-order valence-electron chi connectivity index (χ1n) is 11.0. The van der Waals surface area contributed by atoms with Crippen LogP contribution in [0.5, 0.6) is 0 Å². The lowest BCUT2D eigenvalue weighted by Gasteiger charge is -2.19. The Kier molecular flexibility index (Phi) is 20.8. The molecule has 9 heteroatoms. The maximum absolute atomic E-state index is 14.1. The first kappa shape index (κ1) is 29.2. The Morgan fingerprint density at radius 2 is 1.37 bits per heavy atom. The Labute approximate surface area is 181 Å². The molecule has 0 heterocycles. The minimum Gasteiger partial charge on any atom is -0.378 e. The van der Waals surface area contributed by atoms with E-state index in [1.807, 2.05) is 20.9 Å². The molecule has 0 aromatic rings. The van der Waals surface area contributed by atoms with E-state index >= 15 is 0 Å². The van der Waals surface area contributed by atoms with Gasteiger partial charge in [0.15, 0.2) is 0 Å². The highest BCUT2D eigenvalue weighted by molar-refractivity contribution is 5.78. The van der Waals surface area contributed by atoms with Crippen LogP contribution in [-0.4, -0.2) is 97.8 Å². The van der Waals surface area contributed by atoms with Gasteiger partial charge in [-0.2, -0.15) is 0 Å². The van der Waals surface area contributed by atoms with E-state index in [4.69, 9.17) is 23.7 Å². The van der Waals surface area contributed by atoms with Crippen molar-refractivity contribution in [2.24, 2.45) is 5.92 Å². The lowest BCUT2D eigenvalue weighted by atomic mass is 10.1. The summed E-state index contributed by atoms with van der Waals surface area (Å²) >= 11 is 0. The molecule has 0 saturated heterocycles. The number of rotatable bonds is 22. The van der Waals surface area contributed by atoms with E-state index in [1.54, 1.807) is 6.92 Å². The van der Waals surface area contributed by atoms with Crippen LogP contribution < -0.4 is 10.6 Å². The van der Waals surface area contributed by atoms with Crippen LogP contribution >= 0.6 is 0 Å². The van der Waals surface area contributed by atoms with Gasteiger partial charge in [0.25, 0.3) is 0 Å². The van der Waals surface area contributed by atoms with Crippen molar-refractivity contribution in [2.75, 3.05) is 79.6 Å². The maximum atomic E-state index is 14.1. The second-order valence-electron chi connectivity index (χ2n) is 7.08. The maximum Gasteiger partial charge on any atom is 0.222 e. The molecule has 3 atom stereocenters. The second kappa shape index (κ2) is 21.4. The Morgan fingerprint density at radius 1 is 0.867 bits per heavy atom. The molecule has 0 aromatic carbocycles. The average molecular weight is 439 g/mol. The van der Waals surface area contributed by atoms with E-state index in [1.165, 1.54) is 0 Å².